The third kappa shape index (κ3) is 6.22. The molecule has 1 aliphatic heterocycles. The number of nitrogens with one attached hydrogen (secondary N) is 1. The monoisotopic (exact) mass is 459 g/mol. The molecule has 8 nitrogen and oxygen atoms in total. The van der Waals surface area contributed by atoms with Crippen LogP contribution in [0.2, 0.25) is 0 Å². The second kappa shape index (κ2) is 10.8. The molecule has 33 heavy (non-hydrogen) atoms. The molecule has 0 aliphatic carbocycles. The molecule has 1 saturated heterocycles. The van der Waals surface area contributed by atoms with Crippen LogP contribution in [0.3, 0.4) is 0 Å². The Hall–Kier alpha value is -3.61. The highest BCUT2D eigenvalue weighted by Gasteiger charge is 2.17. The van der Waals surface area contributed by atoms with Gasteiger partial charge in [-0.3, -0.25) is 9.69 Å². The van der Waals surface area contributed by atoms with Crippen molar-refractivity contribution < 1.29 is 4.79 Å². The highest BCUT2D eigenvalue weighted by Crippen LogP contribution is 2.21. The Bertz CT molecular complexity index is 1120. The number of nitrogen functional groups attached to an aromatic ring is 1. The highest BCUT2D eigenvalue weighted by molar-refractivity contribution is 7.99. The molecule has 4 rings (SSSR count). The Labute approximate surface area is 197 Å². The predicted molar refractivity (Wildman–Crippen MR) is 131 cm³/mol. The van der Waals surface area contributed by atoms with Crippen LogP contribution in [0.1, 0.15) is 11.1 Å². The Kier molecular flexibility index (Phi) is 7.40. The van der Waals surface area contributed by atoms with Crippen molar-refractivity contribution in [2.75, 3.05) is 47.9 Å². The zero-order valence-corrected chi connectivity index (χ0v) is 19.0. The predicted octanol–water partition coefficient (Wildman–Crippen LogP) is 2.98. The molecule has 1 amide bonds. The van der Waals surface area contributed by atoms with Gasteiger partial charge in [-0.05, 0) is 29.8 Å². The minimum Gasteiger partial charge on any atom is -0.382 e. The van der Waals surface area contributed by atoms with Crippen molar-refractivity contribution in [2.45, 2.75) is 11.7 Å². The number of carbonyl (C=O) groups excluding carboxylic acids is 1. The maximum absolute atomic E-state index is 12.3. The molecule has 0 unspecified atom stereocenters. The van der Waals surface area contributed by atoms with Crippen LogP contribution in [0.15, 0.2) is 66.0 Å². The number of rotatable bonds is 7. The molecular formula is C24H25N7OS. The summed E-state index contributed by atoms with van der Waals surface area (Å²) in [6.07, 6.45) is 1.36. The number of hydrogen-bond donors (Lipinski definition) is 2. The van der Waals surface area contributed by atoms with Gasteiger partial charge in [0, 0.05) is 44.1 Å². The van der Waals surface area contributed by atoms with Gasteiger partial charge in [0.2, 0.25) is 5.91 Å². The maximum atomic E-state index is 12.3. The number of nitrogens with zero attached hydrogens (tertiary/aromatic N) is 5. The smallest absolute Gasteiger partial charge is 0.234 e. The first-order chi connectivity index (χ1) is 16.1. The molecule has 0 radical (unpaired) electrons. The molecule has 0 bridgehead atoms. The van der Waals surface area contributed by atoms with Gasteiger partial charge in [0.15, 0.2) is 5.16 Å². The van der Waals surface area contributed by atoms with E-state index in [4.69, 9.17) is 11.0 Å². The van der Waals surface area contributed by atoms with Crippen molar-refractivity contribution >= 4 is 34.9 Å². The summed E-state index contributed by atoms with van der Waals surface area (Å²) in [5.74, 6) is 0.108. The van der Waals surface area contributed by atoms with E-state index >= 15 is 0 Å². The fraction of sp³-hybridized carbons (Fsp3) is 0.250. The maximum Gasteiger partial charge on any atom is 0.234 e. The number of nitrogens with two attached hydrogens (primary N) is 1. The summed E-state index contributed by atoms with van der Waals surface area (Å²) < 4.78 is 0. The average Bonchev–Trinajstić information content (AvgIpc) is 2.84. The molecule has 3 aromatic rings. The van der Waals surface area contributed by atoms with E-state index in [0.717, 1.165) is 44.1 Å². The SMILES string of the molecule is N#Cc1cnc(SCC(=O)Nc2ccc(N3CCN(Cc4ccccc4)CC3)cc2)nc1N. The number of hydrogen-bond acceptors (Lipinski definition) is 8. The van der Waals surface area contributed by atoms with E-state index in [1.54, 1.807) is 0 Å². The summed E-state index contributed by atoms with van der Waals surface area (Å²) in [6, 6.07) is 20.4. The Morgan fingerprint density at radius 3 is 2.48 bits per heavy atom. The van der Waals surface area contributed by atoms with Gasteiger partial charge in [-0.1, -0.05) is 42.1 Å². The average molecular weight is 460 g/mol. The molecule has 168 valence electrons. The first kappa shape index (κ1) is 22.6. The van der Waals surface area contributed by atoms with Gasteiger partial charge in [0.1, 0.15) is 17.5 Å². The van der Waals surface area contributed by atoms with Crippen molar-refractivity contribution in [2.24, 2.45) is 0 Å². The third-order valence-corrected chi connectivity index (χ3v) is 6.25. The lowest BCUT2D eigenvalue weighted by molar-refractivity contribution is -0.113. The number of aromatic nitrogens is 2. The number of thioether (sulfide) groups is 1. The molecule has 2 heterocycles. The topological polar surface area (TPSA) is 111 Å². The molecular weight excluding hydrogens is 434 g/mol. The lowest BCUT2D eigenvalue weighted by Crippen LogP contribution is -2.45. The first-order valence-electron chi connectivity index (χ1n) is 10.7. The minimum atomic E-state index is -0.159. The molecule has 3 N–H and O–H groups in total. The summed E-state index contributed by atoms with van der Waals surface area (Å²) in [4.78, 5) is 25.2. The largest absolute Gasteiger partial charge is 0.382 e. The molecule has 9 heteroatoms. The Balaban J connectivity index is 1.23. The molecule has 0 spiro atoms. The van der Waals surface area contributed by atoms with Crippen LogP contribution in [0.25, 0.3) is 0 Å². The van der Waals surface area contributed by atoms with Gasteiger partial charge < -0.3 is 16.0 Å². The van der Waals surface area contributed by atoms with Crippen LogP contribution in [-0.4, -0.2) is 52.7 Å². The van der Waals surface area contributed by atoms with Crippen molar-refractivity contribution in [3.8, 4) is 6.07 Å². The Morgan fingerprint density at radius 2 is 1.82 bits per heavy atom. The zero-order valence-electron chi connectivity index (χ0n) is 18.1. The van der Waals surface area contributed by atoms with Crippen LogP contribution >= 0.6 is 11.8 Å². The molecule has 1 aliphatic rings. The molecule has 0 atom stereocenters. The van der Waals surface area contributed by atoms with Crippen molar-refractivity contribution in [3.05, 3.63) is 71.9 Å². The van der Waals surface area contributed by atoms with Gasteiger partial charge in [-0.15, -0.1) is 0 Å². The molecule has 1 aromatic heterocycles. The van der Waals surface area contributed by atoms with Crippen molar-refractivity contribution in [3.63, 3.8) is 0 Å². The van der Waals surface area contributed by atoms with E-state index in [2.05, 4.69) is 49.4 Å². The third-order valence-electron chi connectivity index (χ3n) is 5.39. The number of benzene rings is 2. The number of anilines is 3. The van der Waals surface area contributed by atoms with E-state index in [-0.39, 0.29) is 23.0 Å². The molecule has 1 fully saturated rings. The quantitative estimate of drug-likeness (QED) is 0.410. The fourth-order valence-corrected chi connectivity index (χ4v) is 4.24. The molecule has 2 aromatic carbocycles. The van der Waals surface area contributed by atoms with Gasteiger partial charge in [0.05, 0.1) is 11.9 Å². The summed E-state index contributed by atoms with van der Waals surface area (Å²) in [7, 11) is 0. The molecule has 0 saturated carbocycles. The standard InChI is InChI=1S/C24H25N7OS/c25-14-19-15-27-24(29-23(19)26)33-17-22(32)28-20-6-8-21(9-7-20)31-12-10-30(11-13-31)16-18-4-2-1-3-5-18/h1-9,15H,10-13,16-17H2,(H,28,32)(H2,26,27,29). The van der Waals surface area contributed by atoms with Crippen LogP contribution in [0, 0.1) is 11.3 Å². The summed E-state index contributed by atoms with van der Waals surface area (Å²) in [6.45, 7) is 4.97. The van der Waals surface area contributed by atoms with Gasteiger partial charge >= 0.3 is 0 Å². The number of amides is 1. The lowest BCUT2D eigenvalue weighted by atomic mass is 10.2. The normalized spacial score (nSPS) is 14.0. The van der Waals surface area contributed by atoms with E-state index in [9.17, 15) is 4.79 Å². The Morgan fingerprint density at radius 1 is 1.09 bits per heavy atom. The van der Waals surface area contributed by atoms with E-state index in [1.807, 2.05) is 36.4 Å². The van der Waals surface area contributed by atoms with Crippen LogP contribution in [0.5, 0.6) is 0 Å². The first-order valence-corrected chi connectivity index (χ1v) is 11.7. The van der Waals surface area contributed by atoms with Crippen LogP contribution < -0.4 is 16.0 Å². The van der Waals surface area contributed by atoms with Gasteiger partial charge in [-0.25, -0.2) is 9.97 Å². The number of carbonyl (C=O) groups is 1. The number of piperazine rings is 1. The highest BCUT2D eigenvalue weighted by atomic mass is 32.2. The second-order valence-corrected chi connectivity index (χ2v) is 8.64. The fourth-order valence-electron chi connectivity index (χ4n) is 3.62. The number of nitriles is 1. The van der Waals surface area contributed by atoms with Crippen LogP contribution in [-0.2, 0) is 11.3 Å². The lowest BCUT2D eigenvalue weighted by Gasteiger charge is -2.36. The van der Waals surface area contributed by atoms with Crippen LogP contribution in [0.4, 0.5) is 17.2 Å². The zero-order chi connectivity index (χ0) is 23.0. The summed E-state index contributed by atoms with van der Waals surface area (Å²) in [5, 5.41) is 12.1. The van der Waals surface area contributed by atoms with Crippen molar-refractivity contribution in [1.82, 2.24) is 14.9 Å². The second-order valence-electron chi connectivity index (χ2n) is 7.70. The van der Waals surface area contributed by atoms with E-state index in [1.165, 1.54) is 23.5 Å². The summed E-state index contributed by atoms with van der Waals surface area (Å²) >= 11 is 1.17. The minimum absolute atomic E-state index is 0.117. The summed E-state index contributed by atoms with van der Waals surface area (Å²) in [5.41, 5.74) is 9.15. The van der Waals surface area contributed by atoms with E-state index < -0.39 is 0 Å². The van der Waals surface area contributed by atoms with E-state index in [0.29, 0.717) is 5.16 Å². The van der Waals surface area contributed by atoms with Crippen molar-refractivity contribution in [1.29, 1.82) is 5.26 Å². The van der Waals surface area contributed by atoms with Gasteiger partial charge in [0.25, 0.3) is 0 Å². The van der Waals surface area contributed by atoms with Gasteiger partial charge in [-0.2, -0.15) is 5.26 Å².